The van der Waals surface area contributed by atoms with Crippen molar-refractivity contribution in [2.45, 2.75) is 19.8 Å². The normalized spacial score (nSPS) is 17.5. The minimum absolute atomic E-state index is 0.134. The molecule has 0 spiro atoms. The molecule has 30 heavy (non-hydrogen) atoms. The number of nitrogens with one attached hydrogen (secondary N) is 1. The number of fused-ring (bicyclic) bond motifs is 2. The average Bonchev–Trinajstić information content (AvgIpc) is 2.99. The van der Waals surface area contributed by atoms with Gasteiger partial charge in [-0.3, -0.25) is 4.79 Å². The standard InChI is InChI=1S/C23H19BrClNO4/c1-4-30-23(28)17-11(2)26-20-13-7-5-6-8-14(13)21(27)19(20)18(17)15-9-12(25)10-16(24)22(15)29-3/h5-10,18,26H,4H2,1-3H3/t18-/m0/s1. The molecular formula is C23H19BrClNO4. The molecule has 4 rings (SSSR count). The van der Waals surface area contributed by atoms with Crippen molar-refractivity contribution in [3.63, 3.8) is 0 Å². The molecule has 1 N–H and O–H groups in total. The Morgan fingerprint density at radius 2 is 1.93 bits per heavy atom. The number of rotatable bonds is 4. The van der Waals surface area contributed by atoms with Gasteiger partial charge in [0.2, 0.25) is 0 Å². The number of halogens is 2. The molecule has 1 aliphatic carbocycles. The largest absolute Gasteiger partial charge is 0.495 e. The third-order valence-electron chi connectivity index (χ3n) is 5.30. The second-order valence-electron chi connectivity index (χ2n) is 6.99. The predicted octanol–water partition coefficient (Wildman–Crippen LogP) is 5.24. The van der Waals surface area contributed by atoms with Crippen LogP contribution in [0.1, 0.15) is 41.3 Å². The number of ether oxygens (including phenoxy) is 2. The number of carbonyl (C=O) groups excluding carboxylic acids is 2. The van der Waals surface area contributed by atoms with E-state index in [1.54, 1.807) is 39.2 Å². The fourth-order valence-corrected chi connectivity index (χ4v) is 5.13. The highest BCUT2D eigenvalue weighted by molar-refractivity contribution is 9.10. The monoisotopic (exact) mass is 487 g/mol. The van der Waals surface area contributed by atoms with Gasteiger partial charge in [0.1, 0.15) is 5.75 Å². The van der Waals surface area contributed by atoms with Crippen molar-refractivity contribution in [3.8, 4) is 5.75 Å². The summed E-state index contributed by atoms with van der Waals surface area (Å²) in [4.78, 5) is 26.4. The first-order chi connectivity index (χ1) is 14.4. The molecule has 0 saturated carbocycles. The lowest BCUT2D eigenvalue weighted by Crippen LogP contribution is -2.29. The third-order valence-corrected chi connectivity index (χ3v) is 6.10. The summed E-state index contributed by atoms with van der Waals surface area (Å²) < 4.78 is 11.6. The number of methoxy groups -OCH3 is 1. The molecule has 2 aliphatic rings. The molecule has 154 valence electrons. The first-order valence-electron chi connectivity index (χ1n) is 9.45. The molecule has 0 radical (unpaired) electrons. The summed E-state index contributed by atoms with van der Waals surface area (Å²) >= 11 is 9.84. The second-order valence-corrected chi connectivity index (χ2v) is 8.28. The molecule has 1 atom stereocenters. The van der Waals surface area contributed by atoms with Gasteiger partial charge in [-0.25, -0.2) is 4.79 Å². The molecule has 2 aromatic rings. The lowest BCUT2D eigenvalue weighted by Gasteiger charge is -2.30. The summed E-state index contributed by atoms with van der Waals surface area (Å²) in [5.41, 5.74) is 4.20. The van der Waals surface area contributed by atoms with Crippen molar-refractivity contribution in [2.24, 2.45) is 0 Å². The van der Waals surface area contributed by atoms with Crippen LogP contribution in [0, 0.1) is 0 Å². The van der Waals surface area contributed by atoms with E-state index < -0.39 is 11.9 Å². The highest BCUT2D eigenvalue weighted by atomic mass is 79.9. The Labute approximate surface area is 187 Å². The molecule has 0 aromatic heterocycles. The molecular weight excluding hydrogens is 470 g/mol. The number of ketones is 1. The third kappa shape index (κ3) is 3.15. The summed E-state index contributed by atoms with van der Waals surface area (Å²) in [7, 11) is 1.54. The van der Waals surface area contributed by atoms with Crippen LogP contribution in [-0.2, 0) is 9.53 Å². The highest BCUT2D eigenvalue weighted by Gasteiger charge is 2.44. The molecule has 7 heteroatoms. The van der Waals surface area contributed by atoms with Crippen molar-refractivity contribution < 1.29 is 19.1 Å². The lowest BCUT2D eigenvalue weighted by atomic mass is 9.79. The first-order valence-corrected chi connectivity index (χ1v) is 10.6. The van der Waals surface area contributed by atoms with Crippen LogP contribution in [0.4, 0.5) is 0 Å². The van der Waals surface area contributed by atoms with Crippen LogP contribution < -0.4 is 10.1 Å². The summed E-state index contributed by atoms with van der Waals surface area (Å²) in [5.74, 6) is -0.798. The van der Waals surface area contributed by atoms with Gasteiger partial charge in [-0.1, -0.05) is 35.9 Å². The Bertz CT molecular complexity index is 1150. The minimum Gasteiger partial charge on any atom is -0.495 e. The SMILES string of the molecule is CCOC(=O)C1=C(C)NC2=C(C(=O)c3ccccc32)[C@H]1c1cc(Cl)cc(Br)c1OC. The van der Waals surface area contributed by atoms with E-state index in [1.165, 1.54) is 0 Å². The number of carbonyl (C=O) groups is 2. The van der Waals surface area contributed by atoms with E-state index in [9.17, 15) is 9.59 Å². The molecule has 2 aromatic carbocycles. The zero-order valence-corrected chi connectivity index (χ0v) is 19.0. The molecule has 1 aliphatic heterocycles. The maximum absolute atomic E-state index is 13.5. The van der Waals surface area contributed by atoms with Crippen LogP contribution in [-0.4, -0.2) is 25.5 Å². The Hall–Kier alpha value is -2.57. The van der Waals surface area contributed by atoms with Crippen molar-refractivity contribution in [1.29, 1.82) is 0 Å². The zero-order chi connectivity index (χ0) is 21.6. The van der Waals surface area contributed by atoms with E-state index >= 15 is 0 Å². The fraction of sp³-hybridized carbons (Fsp3) is 0.217. The zero-order valence-electron chi connectivity index (χ0n) is 16.6. The van der Waals surface area contributed by atoms with E-state index in [2.05, 4.69) is 21.2 Å². The van der Waals surface area contributed by atoms with Gasteiger partial charge >= 0.3 is 5.97 Å². The Kier molecular flexibility index (Phi) is 5.47. The number of Topliss-reactive ketones (excluding diaryl/α,β-unsaturated/α-hetero) is 1. The maximum Gasteiger partial charge on any atom is 0.336 e. The number of hydrogen-bond donors (Lipinski definition) is 1. The van der Waals surface area contributed by atoms with Gasteiger partial charge in [-0.15, -0.1) is 0 Å². The second kappa shape index (κ2) is 7.93. The Morgan fingerprint density at radius 3 is 2.60 bits per heavy atom. The van der Waals surface area contributed by atoms with Gasteiger partial charge in [0, 0.05) is 33.0 Å². The van der Waals surface area contributed by atoms with E-state index in [0.717, 1.165) is 5.56 Å². The number of allylic oxidation sites excluding steroid dienone is 2. The van der Waals surface area contributed by atoms with Crippen LogP contribution in [0.15, 0.2) is 57.7 Å². The van der Waals surface area contributed by atoms with Crippen LogP contribution in [0.2, 0.25) is 5.02 Å². The molecule has 0 fully saturated rings. The smallest absolute Gasteiger partial charge is 0.336 e. The maximum atomic E-state index is 13.5. The summed E-state index contributed by atoms with van der Waals surface area (Å²) in [6.45, 7) is 3.77. The first kappa shape index (κ1) is 20.7. The van der Waals surface area contributed by atoms with Crippen LogP contribution >= 0.6 is 27.5 Å². The van der Waals surface area contributed by atoms with E-state index in [-0.39, 0.29) is 12.4 Å². The Morgan fingerprint density at radius 1 is 1.23 bits per heavy atom. The van der Waals surface area contributed by atoms with Gasteiger partial charge in [0.05, 0.1) is 35.4 Å². The fourth-order valence-electron chi connectivity index (χ4n) is 4.13. The van der Waals surface area contributed by atoms with Crippen molar-refractivity contribution >= 4 is 45.0 Å². The van der Waals surface area contributed by atoms with Gasteiger partial charge in [-0.05, 0) is 41.9 Å². The van der Waals surface area contributed by atoms with Crippen LogP contribution in [0.25, 0.3) is 5.70 Å². The predicted molar refractivity (Wildman–Crippen MR) is 119 cm³/mol. The van der Waals surface area contributed by atoms with Gasteiger partial charge in [0.25, 0.3) is 0 Å². The summed E-state index contributed by atoms with van der Waals surface area (Å²) in [6.07, 6.45) is 0. The number of dihydropyridines is 1. The number of esters is 1. The molecule has 5 nitrogen and oxygen atoms in total. The Balaban J connectivity index is 2.02. The van der Waals surface area contributed by atoms with Crippen molar-refractivity contribution in [2.75, 3.05) is 13.7 Å². The average molecular weight is 489 g/mol. The number of hydrogen-bond acceptors (Lipinski definition) is 5. The topological polar surface area (TPSA) is 64.6 Å². The van der Waals surface area contributed by atoms with E-state index in [1.807, 2.05) is 18.2 Å². The molecule has 0 saturated heterocycles. The number of benzene rings is 2. The molecule has 0 amide bonds. The lowest BCUT2D eigenvalue weighted by molar-refractivity contribution is -0.138. The quantitative estimate of drug-likeness (QED) is 0.596. The summed E-state index contributed by atoms with van der Waals surface area (Å²) in [5, 5.41) is 3.73. The van der Waals surface area contributed by atoms with Crippen molar-refractivity contribution in [1.82, 2.24) is 5.32 Å². The molecule has 0 bridgehead atoms. The van der Waals surface area contributed by atoms with Gasteiger partial charge in [-0.2, -0.15) is 0 Å². The van der Waals surface area contributed by atoms with Gasteiger partial charge < -0.3 is 14.8 Å². The summed E-state index contributed by atoms with van der Waals surface area (Å²) in [6, 6.07) is 10.8. The molecule has 0 unspecified atom stereocenters. The van der Waals surface area contributed by atoms with Crippen molar-refractivity contribution in [3.05, 3.63) is 79.4 Å². The minimum atomic E-state index is -0.690. The highest BCUT2D eigenvalue weighted by Crippen LogP contribution is 2.50. The van der Waals surface area contributed by atoms with Crippen LogP contribution in [0.3, 0.4) is 0 Å². The van der Waals surface area contributed by atoms with Gasteiger partial charge in [0.15, 0.2) is 5.78 Å². The van der Waals surface area contributed by atoms with E-state index in [0.29, 0.717) is 48.9 Å². The van der Waals surface area contributed by atoms with Crippen LogP contribution in [0.5, 0.6) is 5.75 Å². The van der Waals surface area contributed by atoms with E-state index in [4.69, 9.17) is 21.1 Å². The molecule has 1 heterocycles.